The van der Waals surface area contributed by atoms with Gasteiger partial charge in [0.05, 0.1) is 13.5 Å². The second kappa shape index (κ2) is 6.88. The molecule has 4 nitrogen and oxygen atoms in total. The third-order valence-corrected chi connectivity index (χ3v) is 3.03. The standard InChI is InChI=1S/C17H20N2O2/c1-13(2)18-16-10-6-7-11-19(16)17(20)12-14-8-4-5-9-15(14)21-3/h4-11,13H,12H2,1-3H3. The summed E-state index contributed by atoms with van der Waals surface area (Å²) < 4.78 is 6.88. The predicted octanol–water partition coefficient (Wildman–Crippen LogP) is 2.69. The van der Waals surface area contributed by atoms with E-state index in [0.717, 1.165) is 11.3 Å². The topological polar surface area (TPSA) is 43.6 Å². The van der Waals surface area contributed by atoms with Gasteiger partial charge in [-0.15, -0.1) is 0 Å². The van der Waals surface area contributed by atoms with Gasteiger partial charge in [-0.1, -0.05) is 24.3 Å². The van der Waals surface area contributed by atoms with Crippen LogP contribution in [0.15, 0.2) is 53.7 Å². The molecule has 0 fully saturated rings. The Hall–Kier alpha value is -2.36. The van der Waals surface area contributed by atoms with Crippen LogP contribution in [0.2, 0.25) is 0 Å². The molecule has 2 aromatic rings. The van der Waals surface area contributed by atoms with Crippen LogP contribution < -0.4 is 10.2 Å². The monoisotopic (exact) mass is 284 g/mol. The molecule has 1 aromatic carbocycles. The number of nitrogens with zero attached hydrogens (tertiary/aromatic N) is 2. The van der Waals surface area contributed by atoms with Crippen molar-refractivity contribution in [2.75, 3.05) is 7.11 Å². The predicted molar refractivity (Wildman–Crippen MR) is 82.5 cm³/mol. The first-order chi connectivity index (χ1) is 10.1. The maximum atomic E-state index is 12.5. The smallest absolute Gasteiger partial charge is 0.236 e. The van der Waals surface area contributed by atoms with Crippen molar-refractivity contribution >= 4 is 5.91 Å². The zero-order valence-corrected chi connectivity index (χ0v) is 12.6. The van der Waals surface area contributed by atoms with E-state index >= 15 is 0 Å². The fraction of sp³-hybridized carbons (Fsp3) is 0.294. The van der Waals surface area contributed by atoms with Crippen molar-refractivity contribution in [3.8, 4) is 5.75 Å². The number of benzene rings is 1. The third-order valence-electron chi connectivity index (χ3n) is 3.03. The molecule has 0 saturated carbocycles. The lowest BCUT2D eigenvalue weighted by Crippen LogP contribution is -2.28. The van der Waals surface area contributed by atoms with E-state index in [1.807, 2.05) is 56.3 Å². The highest BCUT2D eigenvalue weighted by molar-refractivity contribution is 5.81. The summed E-state index contributed by atoms with van der Waals surface area (Å²) in [5, 5.41) is 0. The molecule has 0 radical (unpaired) electrons. The van der Waals surface area contributed by atoms with Crippen molar-refractivity contribution in [3.05, 3.63) is 59.7 Å². The molecule has 0 aliphatic rings. The van der Waals surface area contributed by atoms with E-state index in [1.165, 1.54) is 0 Å². The van der Waals surface area contributed by atoms with Crippen LogP contribution in [0.3, 0.4) is 0 Å². The number of methoxy groups -OCH3 is 1. The average molecular weight is 284 g/mol. The first kappa shape index (κ1) is 15.0. The summed E-state index contributed by atoms with van der Waals surface area (Å²) in [6.45, 7) is 3.98. The summed E-state index contributed by atoms with van der Waals surface area (Å²) >= 11 is 0. The second-order valence-corrected chi connectivity index (χ2v) is 5.03. The van der Waals surface area contributed by atoms with Gasteiger partial charge in [0.25, 0.3) is 0 Å². The zero-order chi connectivity index (χ0) is 15.2. The number of carbonyl (C=O) groups is 1. The van der Waals surface area contributed by atoms with Crippen LogP contribution in [0, 0.1) is 0 Å². The first-order valence-corrected chi connectivity index (χ1v) is 6.98. The maximum Gasteiger partial charge on any atom is 0.236 e. The van der Waals surface area contributed by atoms with Crippen molar-refractivity contribution < 1.29 is 9.53 Å². The molecule has 0 bridgehead atoms. The second-order valence-electron chi connectivity index (χ2n) is 5.03. The minimum absolute atomic E-state index is 0.0282. The molecular formula is C17H20N2O2. The molecule has 21 heavy (non-hydrogen) atoms. The Morgan fingerprint density at radius 3 is 2.62 bits per heavy atom. The Morgan fingerprint density at radius 1 is 1.19 bits per heavy atom. The van der Waals surface area contributed by atoms with E-state index in [4.69, 9.17) is 4.74 Å². The van der Waals surface area contributed by atoms with Gasteiger partial charge < -0.3 is 4.74 Å². The normalized spacial score (nSPS) is 11.7. The van der Waals surface area contributed by atoms with E-state index in [0.29, 0.717) is 5.49 Å². The van der Waals surface area contributed by atoms with Crippen LogP contribution in [-0.4, -0.2) is 23.6 Å². The molecule has 110 valence electrons. The largest absolute Gasteiger partial charge is 0.496 e. The number of aromatic nitrogens is 1. The molecule has 1 heterocycles. The lowest BCUT2D eigenvalue weighted by atomic mass is 10.1. The van der Waals surface area contributed by atoms with Gasteiger partial charge in [0, 0.05) is 17.8 Å². The van der Waals surface area contributed by atoms with Gasteiger partial charge in [0.1, 0.15) is 11.2 Å². The summed E-state index contributed by atoms with van der Waals surface area (Å²) in [5.74, 6) is 0.698. The van der Waals surface area contributed by atoms with Crippen LogP contribution >= 0.6 is 0 Å². The minimum Gasteiger partial charge on any atom is -0.496 e. The van der Waals surface area contributed by atoms with Crippen molar-refractivity contribution in [1.82, 2.24) is 4.57 Å². The highest BCUT2D eigenvalue weighted by Gasteiger charge is 2.10. The van der Waals surface area contributed by atoms with Crippen LogP contribution in [0.25, 0.3) is 0 Å². The molecule has 0 aliphatic carbocycles. The van der Waals surface area contributed by atoms with E-state index in [1.54, 1.807) is 17.9 Å². The fourth-order valence-electron chi connectivity index (χ4n) is 2.11. The molecule has 0 aliphatic heterocycles. The first-order valence-electron chi connectivity index (χ1n) is 6.98. The number of ether oxygens (including phenoxy) is 1. The molecular weight excluding hydrogens is 264 g/mol. The molecule has 0 N–H and O–H groups in total. The maximum absolute atomic E-state index is 12.5. The molecule has 1 aromatic heterocycles. The van der Waals surface area contributed by atoms with Gasteiger partial charge in [0.2, 0.25) is 5.91 Å². The highest BCUT2D eigenvalue weighted by atomic mass is 16.5. The fourth-order valence-corrected chi connectivity index (χ4v) is 2.11. The molecule has 0 unspecified atom stereocenters. The number of rotatable bonds is 4. The van der Waals surface area contributed by atoms with Gasteiger partial charge in [-0.25, -0.2) is 0 Å². The van der Waals surface area contributed by atoms with Crippen molar-refractivity contribution in [2.45, 2.75) is 26.3 Å². The van der Waals surface area contributed by atoms with Gasteiger partial charge in [0.15, 0.2) is 0 Å². The minimum atomic E-state index is -0.0282. The zero-order valence-electron chi connectivity index (χ0n) is 12.6. The molecule has 0 spiro atoms. The summed E-state index contributed by atoms with van der Waals surface area (Å²) in [4.78, 5) is 17.0. The van der Waals surface area contributed by atoms with Gasteiger partial charge in [-0.3, -0.25) is 14.4 Å². The van der Waals surface area contributed by atoms with Gasteiger partial charge in [-0.05, 0) is 32.0 Å². The number of hydrogen-bond donors (Lipinski definition) is 0. The van der Waals surface area contributed by atoms with Crippen LogP contribution in [0.5, 0.6) is 5.75 Å². The summed E-state index contributed by atoms with van der Waals surface area (Å²) in [7, 11) is 1.61. The number of para-hydroxylation sites is 1. The number of hydrogen-bond acceptors (Lipinski definition) is 3. The quantitative estimate of drug-likeness (QED) is 0.866. The van der Waals surface area contributed by atoms with Crippen molar-refractivity contribution in [2.24, 2.45) is 4.99 Å². The molecule has 2 rings (SSSR count). The van der Waals surface area contributed by atoms with Crippen LogP contribution in [-0.2, 0) is 6.42 Å². The average Bonchev–Trinajstić information content (AvgIpc) is 2.47. The Bertz CT molecular complexity index is 687. The van der Waals surface area contributed by atoms with Crippen LogP contribution in [0.1, 0.15) is 24.2 Å². The van der Waals surface area contributed by atoms with Gasteiger partial charge >= 0.3 is 0 Å². The lowest BCUT2D eigenvalue weighted by molar-refractivity contribution is 0.0907. The third kappa shape index (κ3) is 3.81. The van der Waals surface area contributed by atoms with E-state index in [9.17, 15) is 4.79 Å². The Balaban J connectivity index is 2.34. The Labute approximate surface area is 124 Å². The number of carbonyl (C=O) groups excluding carboxylic acids is 1. The van der Waals surface area contributed by atoms with Crippen LogP contribution in [0.4, 0.5) is 0 Å². The SMILES string of the molecule is COc1ccccc1CC(=O)n1ccccc1=NC(C)C. The number of pyridine rings is 1. The van der Waals surface area contributed by atoms with E-state index in [-0.39, 0.29) is 18.4 Å². The van der Waals surface area contributed by atoms with E-state index < -0.39 is 0 Å². The molecule has 0 saturated heterocycles. The van der Waals surface area contributed by atoms with E-state index in [2.05, 4.69) is 4.99 Å². The lowest BCUT2D eigenvalue weighted by Gasteiger charge is -2.10. The Kier molecular flexibility index (Phi) is 4.93. The summed E-state index contributed by atoms with van der Waals surface area (Å²) in [6.07, 6.45) is 2.03. The summed E-state index contributed by atoms with van der Waals surface area (Å²) in [6, 6.07) is 13.3. The highest BCUT2D eigenvalue weighted by Crippen LogP contribution is 2.18. The molecule has 0 amide bonds. The molecule has 4 heteroatoms. The van der Waals surface area contributed by atoms with Crippen molar-refractivity contribution in [1.29, 1.82) is 0 Å². The summed E-state index contributed by atoms with van der Waals surface area (Å²) in [5.41, 5.74) is 1.55. The van der Waals surface area contributed by atoms with Crippen molar-refractivity contribution in [3.63, 3.8) is 0 Å². The van der Waals surface area contributed by atoms with Gasteiger partial charge in [-0.2, -0.15) is 0 Å². The Morgan fingerprint density at radius 2 is 1.90 bits per heavy atom. The molecule has 0 atom stereocenters.